The highest BCUT2D eigenvalue weighted by molar-refractivity contribution is 4.28. The number of hydrogen-bond acceptors (Lipinski definition) is 2. The quantitative estimate of drug-likeness (QED) is 0.351. The molecule has 0 unspecified atom stereocenters. The summed E-state index contributed by atoms with van der Waals surface area (Å²) >= 11 is 0. The third-order valence-electron chi connectivity index (χ3n) is 1.65. The maximum atomic E-state index is 10.9. The Morgan fingerprint density at radius 2 is 1.17 bits per heavy atom. The second-order valence-corrected chi connectivity index (χ2v) is 2.86. The Balaban J connectivity index is 3.72. The summed E-state index contributed by atoms with van der Waals surface area (Å²) in [6.45, 7) is 4.64. The van der Waals surface area contributed by atoms with Crippen LogP contribution in [0.5, 0.6) is 0 Å². The van der Waals surface area contributed by atoms with Crippen molar-refractivity contribution in [2.45, 2.75) is 39.5 Å². The van der Waals surface area contributed by atoms with E-state index in [1.165, 1.54) is 0 Å². The van der Waals surface area contributed by atoms with Gasteiger partial charge in [0.15, 0.2) is 0 Å². The van der Waals surface area contributed by atoms with Crippen LogP contribution in [0.3, 0.4) is 0 Å². The van der Waals surface area contributed by atoms with Gasteiger partial charge in [0.1, 0.15) is 0 Å². The van der Waals surface area contributed by atoms with E-state index in [4.69, 9.17) is 0 Å². The van der Waals surface area contributed by atoms with Crippen LogP contribution in [0.15, 0.2) is 0 Å². The zero-order valence-corrected chi connectivity index (χ0v) is 7.95. The first-order valence-corrected chi connectivity index (χ1v) is 4.61. The van der Waals surface area contributed by atoms with Gasteiger partial charge in [0.25, 0.3) is 0 Å². The van der Waals surface area contributed by atoms with Gasteiger partial charge in [-0.05, 0) is 12.8 Å². The number of nitrogens with zero attached hydrogens (tertiary/aromatic N) is 2. The van der Waals surface area contributed by atoms with Crippen LogP contribution in [0.4, 0.5) is 0 Å². The summed E-state index contributed by atoms with van der Waals surface area (Å²) in [4.78, 5) is 1.03. The van der Waals surface area contributed by atoms with E-state index in [1.807, 2.05) is 13.8 Å². The Kier molecular flexibility index (Phi) is 6.42. The van der Waals surface area contributed by atoms with Crippen molar-refractivity contribution in [2.75, 3.05) is 13.1 Å². The molecule has 0 aliphatic heterocycles. The Hall–Kier alpha value is -0.800. The highest BCUT2D eigenvalue weighted by atomic mass is 16.6. The molecule has 72 valence electrons. The molecule has 0 aliphatic carbocycles. The van der Waals surface area contributed by atoms with E-state index < -0.39 is 0 Å². The molecular weight excluding hydrogens is 156 g/mol. The molecule has 4 heteroatoms. The predicted octanol–water partition coefficient (Wildman–Crippen LogP) is 2.06. The standard InChI is InChI=1S/C8H18N2O2/c1-3-5-7-9(11)10(12)8-6-4-2/h3-8H2,1-2H3/b10-9+. The molecule has 0 spiro atoms. The second kappa shape index (κ2) is 6.88. The van der Waals surface area contributed by atoms with Crippen molar-refractivity contribution in [3.63, 3.8) is 0 Å². The summed E-state index contributed by atoms with van der Waals surface area (Å²) in [7, 11) is 0. The van der Waals surface area contributed by atoms with Crippen molar-refractivity contribution >= 4 is 0 Å². The van der Waals surface area contributed by atoms with Crippen LogP contribution in [-0.4, -0.2) is 22.8 Å². The van der Waals surface area contributed by atoms with Crippen LogP contribution in [-0.2, 0) is 0 Å². The van der Waals surface area contributed by atoms with Crippen molar-refractivity contribution in [3.05, 3.63) is 10.4 Å². The molecule has 0 aliphatic rings. The summed E-state index contributed by atoms with van der Waals surface area (Å²) in [6.07, 6.45) is 3.46. The lowest BCUT2D eigenvalue weighted by atomic mass is 10.3. The minimum absolute atomic E-state index is 0.323. The Labute approximate surface area is 73.7 Å². The number of hydrogen-bond donors (Lipinski definition) is 0. The maximum Gasteiger partial charge on any atom is 0.220 e. The first-order chi connectivity index (χ1) is 5.72. The number of unbranched alkanes of at least 4 members (excludes halogenated alkanes) is 2. The van der Waals surface area contributed by atoms with Crippen molar-refractivity contribution in [2.24, 2.45) is 0 Å². The molecule has 12 heavy (non-hydrogen) atoms. The summed E-state index contributed by atoms with van der Waals surface area (Å²) in [6, 6.07) is 0. The van der Waals surface area contributed by atoms with Gasteiger partial charge in [-0.2, -0.15) is 0 Å². The minimum atomic E-state index is 0.323. The minimum Gasteiger partial charge on any atom is -0.567 e. The molecule has 0 rings (SSSR count). The van der Waals surface area contributed by atoms with Crippen molar-refractivity contribution in [3.8, 4) is 0 Å². The molecule has 0 radical (unpaired) electrons. The highest BCUT2D eigenvalue weighted by Crippen LogP contribution is 1.91. The van der Waals surface area contributed by atoms with Crippen LogP contribution < -0.4 is 0 Å². The lowest BCUT2D eigenvalue weighted by molar-refractivity contribution is -0.970. The number of hydroxylamine groups is 2. The molecule has 4 nitrogen and oxygen atoms in total. The maximum absolute atomic E-state index is 10.9. The van der Waals surface area contributed by atoms with Crippen molar-refractivity contribution in [1.29, 1.82) is 0 Å². The van der Waals surface area contributed by atoms with Gasteiger partial charge in [0.2, 0.25) is 13.1 Å². The Bertz CT molecular complexity index is 130. The van der Waals surface area contributed by atoms with Crippen molar-refractivity contribution < 1.29 is 9.72 Å². The normalized spacial score (nSPS) is 12.8. The predicted molar refractivity (Wildman–Crippen MR) is 46.8 cm³/mol. The van der Waals surface area contributed by atoms with Gasteiger partial charge < -0.3 is 10.4 Å². The van der Waals surface area contributed by atoms with E-state index in [-0.39, 0.29) is 0 Å². The Morgan fingerprint density at radius 1 is 0.833 bits per heavy atom. The monoisotopic (exact) mass is 174 g/mol. The fourth-order valence-electron chi connectivity index (χ4n) is 0.810. The van der Waals surface area contributed by atoms with Crippen LogP contribution in [0, 0.1) is 10.4 Å². The largest absolute Gasteiger partial charge is 0.567 e. The summed E-state index contributed by atoms with van der Waals surface area (Å²) < 4.78 is 0. The summed E-state index contributed by atoms with van der Waals surface area (Å²) in [5.41, 5.74) is 0. The summed E-state index contributed by atoms with van der Waals surface area (Å²) in [5, 5.41) is 21.9. The molecule has 0 atom stereocenters. The molecule has 0 aromatic carbocycles. The topological polar surface area (TPSA) is 52.1 Å². The second-order valence-electron chi connectivity index (χ2n) is 2.86. The third kappa shape index (κ3) is 4.93. The molecule has 0 bridgehead atoms. The van der Waals surface area contributed by atoms with E-state index in [9.17, 15) is 10.4 Å². The molecule has 0 N–H and O–H groups in total. The van der Waals surface area contributed by atoms with Gasteiger partial charge in [0.05, 0.1) is 0 Å². The van der Waals surface area contributed by atoms with Gasteiger partial charge in [-0.25, -0.2) is 0 Å². The lowest BCUT2D eigenvalue weighted by Crippen LogP contribution is -2.19. The first-order valence-electron chi connectivity index (χ1n) is 4.61. The molecule has 0 fully saturated rings. The smallest absolute Gasteiger partial charge is 0.220 e. The zero-order valence-electron chi connectivity index (χ0n) is 7.95. The molecule has 0 heterocycles. The van der Waals surface area contributed by atoms with Crippen molar-refractivity contribution in [1.82, 2.24) is 0 Å². The van der Waals surface area contributed by atoms with E-state index in [0.29, 0.717) is 22.8 Å². The first kappa shape index (κ1) is 11.2. The third-order valence-corrected chi connectivity index (χ3v) is 1.65. The number of azo groups is 1. The molecular formula is C8H18N2O2. The molecule has 0 saturated heterocycles. The zero-order chi connectivity index (χ0) is 9.40. The van der Waals surface area contributed by atoms with Crippen LogP contribution >= 0.6 is 0 Å². The fraction of sp³-hybridized carbons (Fsp3) is 1.00. The number of rotatable bonds is 6. The van der Waals surface area contributed by atoms with E-state index in [0.717, 1.165) is 25.7 Å². The average Bonchev–Trinajstić information content (AvgIpc) is 2.10. The SMILES string of the molecule is CCCC/[N+]([O-])=[N+](\[O-])CCCC. The van der Waals surface area contributed by atoms with Gasteiger partial charge in [-0.1, -0.05) is 13.8 Å². The van der Waals surface area contributed by atoms with Crippen LogP contribution in [0.25, 0.3) is 0 Å². The summed E-state index contributed by atoms with van der Waals surface area (Å²) in [5.74, 6) is 0. The lowest BCUT2D eigenvalue weighted by Gasteiger charge is -2.02. The molecule has 0 aromatic rings. The van der Waals surface area contributed by atoms with Gasteiger partial charge >= 0.3 is 0 Å². The van der Waals surface area contributed by atoms with Gasteiger partial charge in [-0.3, -0.25) is 0 Å². The van der Waals surface area contributed by atoms with Crippen LogP contribution in [0.1, 0.15) is 39.5 Å². The van der Waals surface area contributed by atoms with Crippen LogP contribution in [0.2, 0.25) is 0 Å². The Morgan fingerprint density at radius 3 is 1.42 bits per heavy atom. The van der Waals surface area contributed by atoms with Gasteiger partial charge in [0, 0.05) is 22.6 Å². The molecule has 0 saturated carbocycles. The molecule has 0 amide bonds. The molecule has 0 aromatic heterocycles. The van der Waals surface area contributed by atoms with Gasteiger partial charge in [-0.15, -0.1) is 0 Å². The van der Waals surface area contributed by atoms with E-state index >= 15 is 0 Å². The van der Waals surface area contributed by atoms with E-state index in [2.05, 4.69) is 0 Å². The highest BCUT2D eigenvalue weighted by Gasteiger charge is 2.04. The fourth-order valence-corrected chi connectivity index (χ4v) is 0.810. The van der Waals surface area contributed by atoms with E-state index in [1.54, 1.807) is 0 Å². The average molecular weight is 174 g/mol.